The monoisotopic (exact) mass is 419 g/mol. The number of carbonyl (C=O) groups excluding carboxylic acids is 2. The van der Waals surface area contributed by atoms with Crippen molar-refractivity contribution in [3.05, 3.63) is 90.0 Å². The highest BCUT2D eigenvalue weighted by atomic mass is 16.5. The van der Waals surface area contributed by atoms with Gasteiger partial charge in [-0.15, -0.1) is 0 Å². The molecule has 0 aliphatic carbocycles. The first-order chi connectivity index (χ1) is 15.1. The summed E-state index contributed by atoms with van der Waals surface area (Å²) in [7, 11) is 3.04. The van der Waals surface area contributed by atoms with E-state index in [2.05, 4.69) is 5.32 Å². The van der Waals surface area contributed by atoms with Crippen LogP contribution in [0.1, 0.15) is 23.5 Å². The highest BCUT2D eigenvalue weighted by molar-refractivity contribution is 5.94. The Bertz CT molecular complexity index is 965. The largest absolute Gasteiger partial charge is 0.497 e. The van der Waals surface area contributed by atoms with Crippen molar-refractivity contribution in [1.29, 1.82) is 0 Å². The van der Waals surface area contributed by atoms with Gasteiger partial charge < -0.3 is 19.5 Å². The topological polar surface area (TPSA) is 73.9 Å². The first kappa shape index (κ1) is 21.9. The van der Waals surface area contributed by atoms with E-state index in [1.54, 1.807) is 18.2 Å². The molecule has 160 valence electrons. The van der Waals surface area contributed by atoms with E-state index in [0.717, 1.165) is 11.1 Å². The van der Waals surface area contributed by atoms with Crippen LogP contribution in [-0.4, -0.2) is 32.7 Å². The second-order valence-corrected chi connectivity index (χ2v) is 6.85. The minimum Gasteiger partial charge on any atom is -0.497 e. The van der Waals surface area contributed by atoms with Gasteiger partial charge in [0.2, 0.25) is 0 Å². The Morgan fingerprint density at radius 3 is 2.00 bits per heavy atom. The maximum absolute atomic E-state index is 12.5. The van der Waals surface area contributed by atoms with Crippen molar-refractivity contribution in [3.8, 4) is 11.5 Å². The summed E-state index contributed by atoms with van der Waals surface area (Å²) in [5, 5.41) is 2.69. The van der Waals surface area contributed by atoms with E-state index in [9.17, 15) is 9.59 Å². The molecule has 0 unspecified atom stereocenters. The maximum atomic E-state index is 12.5. The van der Waals surface area contributed by atoms with Crippen LogP contribution in [0.3, 0.4) is 0 Å². The number of esters is 1. The molecule has 0 atom stereocenters. The van der Waals surface area contributed by atoms with Gasteiger partial charge in [0.15, 0.2) is 6.61 Å². The summed E-state index contributed by atoms with van der Waals surface area (Å²) in [6.45, 7) is -0.393. The third kappa shape index (κ3) is 6.09. The molecule has 0 aliphatic heterocycles. The molecule has 3 rings (SSSR count). The first-order valence-corrected chi connectivity index (χ1v) is 9.88. The average Bonchev–Trinajstić information content (AvgIpc) is 2.82. The zero-order valence-electron chi connectivity index (χ0n) is 17.5. The number of methoxy groups -OCH3 is 2. The summed E-state index contributed by atoms with van der Waals surface area (Å²) in [6.07, 6.45) is 0.129. The molecule has 0 spiro atoms. The molecule has 0 saturated heterocycles. The molecule has 0 aromatic heterocycles. The predicted molar refractivity (Wildman–Crippen MR) is 118 cm³/mol. The van der Waals surface area contributed by atoms with Crippen LogP contribution in [0.15, 0.2) is 78.9 Å². The summed E-state index contributed by atoms with van der Waals surface area (Å²) in [5.74, 6) is -0.0202. The zero-order chi connectivity index (χ0) is 22.1. The molecule has 6 heteroatoms. The molecule has 3 aromatic carbocycles. The smallest absolute Gasteiger partial charge is 0.307 e. The van der Waals surface area contributed by atoms with Gasteiger partial charge >= 0.3 is 5.97 Å². The first-order valence-electron chi connectivity index (χ1n) is 9.88. The van der Waals surface area contributed by atoms with Gasteiger partial charge in [-0.2, -0.15) is 0 Å². The third-order valence-electron chi connectivity index (χ3n) is 4.82. The standard InChI is InChI=1S/C25H25NO5/c1-29-20-13-14-23(30-2)22(15-20)26-24(27)17-31-25(28)16-21(18-9-5-3-6-10-18)19-11-7-4-8-12-19/h3-15,21H,16-17H2,1-2H3,(H,26,27). The van der Waals surface area contributed by atoms with Crippen molar-refractivity contribution in [3.63, 3.8) is 0 Å². The number of rotatable bonds is 9. The Balaban J connectivity index is 1.62. The molecule has 1 N–H and O–H groups in total. The molecule has 0 heterocycles. The van der Waals surface area contributed by atoms with Crippen molar-refractivity contribution in [2.75, 3.05) is 26.1 Å². The molecular formula is C25H25NO5. The maximum Gasteiger partial charge on any atom is 0.307 e. The van der Waals surface area contributed by atoms with Crippen LogP contribution in [0.4, 0.5) is 5.69 Å². The van der Waals surface area contributed by atoms with E-state index < -0.39 is 18.5 Å². The number of benzene rings is 3. The summed E-state index contributed by atoms with van der Waals surface area (Å²) < 4.78 is 15.7. The highest BCUT2D eigenvalue weighted by Crippen LogP contribution is 2.29. The number of amides is 1. The molecule has 6 nitrogen and oxygen atoms in total. The van der Waals surface area contributed by atoms with Gasteiger partial charge in [0.25, 0.3) is 5.91 Å². The number of carbonyl (C=O) groups is 2. The summed E-state index contributed by atoms with van der Waals surface area (Å²) in [4.78, 5) is 24.9. The Morgan fingerprint density at radius 1 is 0.839 bits per heavy atom. The summed E-state index contributed by atoms with van der Waals surface area (Å²) in [6, 6.07) is 24.6. The Hall–Kier alpha value is -3.80. The second kappa shape index (κ2) is 10.8. The van der Waals surface area contributed by atoms with E-state index in [-0.39, 0.29) is 12.3 Å². The van der Waals surface area contributed by atoms with Gasteiger partial charge in [0, 0.05) is 12.0 Å². The lowest BCUT2D eigenvalue weighted by Crippen LogP contribution is -2.22. The lowest BCUT2D eigenvalue weighted by molar-refractivity contribution is -0.147. The molecular weight excluding hydrogens is 394 g/mol. The fourth-order valence-corrected chi connectivity index (χ4v) is 3.27. The van der Waals surface area contributed by atoms with Crippen molar-refractivity contribution >= 4 is 17.6 Å². The van der Waals surface area contributed by atoms with E-state index in [1.165, 1.54) is 14.2 Å². The van der Waals surface area contributed by atoms with Gasteiger partial charge in [-0.1, -0.05) is 60.7 Å². The molecule has 0 aliphatic rings. The molecule has 1 amide bonds. The van der Waals surface area contributed by atoms with Crippen molar-refractivity contribution < 1.29 is 23.8 Å². The molecule has 0 radical (unpaired) electrons. The van der Waals surface area contributed by atoms with Crippen LogP contribution in [-0.2, 0) is 14.3 Å². The van der Waals surface area contributed by atoms with Gasteiger partial charge in [-0.3, -0.25) is 9.59 Å². The predicted octanol–water partition coefficient (Wildman–Crippen LogP) is 4.41. The third-order valence-corrected chi connectivity index (χ3v) is 4.82. The fourth-order valence-electron chi connectivity index (χ4n) is 3.27. The van der Waals surface area contributed by atoms with E-state index in [0.29, 0.717) is 17.2 Å². The molecule has 0 saturated carbocycles. The summed E-state index contributed by atoms with van der Waals surface area (Å²) >= 11 is 0. The van der Waals surface area contributed by atoms with Crippen LogP contribution >= 0.6 is 0 Å². The molecule has 3 aromatic rings. The van der Waals surface area contributed by atoms with Crippen molar-refractivity contribution in [2.24, 2.45) is 0 Å². The summed E-state index contributed by atoms with van der Waals surface area (Å²) in [5.41, 5.74) is 2.46. The number of hydrogen-bond acceptors (Lipinski definition) is 5. The van der Waals surface area contributed by atoms with Crippen molar-refractivity contribution in [2.45, 2.75) is 12.3 Å². The minimum atomic E-state index is -0.462. The Morgan fingerprint density at radius 2 is 1.45 bits per heavy atom. The molecule has 31 heavy (non-hydrogen) atoms. The quantitative estimate of drug-likeness (QED) is 0.520. The van der Waals surface area contributed by atoms with Gasteiger partial charge in [-0.05, 0) is 23.3 Å². The second-order valence-electron chi connectivity index (χ2n) is 6.85. The fraction of sp³-hybridized carbons (Fsp3) is 0.200. The normalized spacial score (nSPS) is 10.4. The van der Waals surface area contributed by atoms with E-state index >= 15 is 0 Å². The van der Waals surface area contributed by atoms with Gasteiger partial charge in [0.1, 0.15) is 11.5 Å². The van der Waals surface area contributed by atoms with E-state index in [1.807, 2.05) is 60.7 Å². The number of anilines is 1. The molecule has 0 fully saturated rings. The van der Waals surface area contributed by atoms with Crippen LogP contribution in [0, 0.1) is 0 Å². The lowest BCUT2D eigenvalue weighted by atomic mass is 9.89. The Labute approximate surface area is 181 Å². The number of nitrogens with one attached hydrogen (secondary N) is 1. The Kier molecular flexibility index (Phi) is 7.65. The number of hydrogen-bond donors (Lipinski definition) is 1. The van der Waals surface area contributed by atoms with Gasteiger partial charge in [0.05, 0.1) is 26.3 Å². The minimum absolute atomic E-state index is 0.129. The zero-order valence-corrected chi connectivity index (χ0v) is 17.5. The average molecular weight is 419 g/mol. The SMILES string of the molecule is COc1ccc(OC)c(NC(=O)COC(=O)CC(c2ccccc2)c2ccccc2)c1. The lowest BCUT2D eigenvalue weighted by Gasteiger charge is -2.17. The van der Waals surface area contributed by atoms with Crippen LogP contribution < -0.4 is 14.8 Å². The van der Waals surface area contributed by atoms with Crippen LogP contribution in [0.2, 0.25) is 0 Å². The molecule has 0 bridgehead atoms. The number of ether oxygens (including phenoxy) is 3. The van der Waals surface area contributed by atoms with Gasteiger partial charge in [-0.25, -0.2) is 0 Å². The van der Waals surface area contributed by atoms with E-state index in [4.69, 9.17) is 14.2 Å². The van der Waals surface area contributed by atoms with Crippen LogP contribution in [0.5, 0.6) is 11.5 Å². The highest BCUT2D eigenvalue weighted by Gasteiger charge is 2.20. The van der Waals surface area contributed by atoms with Crippen LogP contribution in [0.25, 0.3) is 0 Å². The van der Waals surface area contributed by atoms with Crippen molar-refractivity contribution in [1.82, 2.24) is 0 Å².